The molecule has 0 spiro atoms. The van der Waals surface area contributed by atoms with Gasteiger partial charge < -0.3 is 11.1 Å². The lowest BCUT2D eigenvalue weighted by molar-refractivity contribution is 0.0940. The molecule has 0 aliphatic heterocycles. The molecule has 2 aromatic rings. The van der Waals surface area contributed by atoms with Crippen molar-refractivity contribution in [3.63, 3.8) is 0 Å². The molecule has 0 aliphatic carbocycles. The zero-order chi connectivity index (χ0) is 14.7. The van der Waals surface area contributed by atoms with Crippen LogP contribution >= 0.6 is 11.6 Å². The second-order valence-electron chi connectivity index (χ2n) is 4.42. The second kappa shape index (κ2) is 5.92. The van der Waals surface area contributed by atoms with Gasteiger partial charge in [-0.25, -0.2) is 4.39 Å². The zero-order valence-electron chi connectivity index (χ0n) is 10.9. The molecule has 5 heteroatoms. The summed E-state index contributed by atoms with van der Waals surface area (Å²) in [5, 5.41) is 3.31. The van der Waals surface area contributed by atoms with Crippen molar-refractivity contribution in [2.75, 3.05) is 5.73 Å². The first-order chi connectivity index (χ1) is 9.50. The monoisotopic (exact) mass is 292 g/mol. The van der Waals surface area contributed by atoms with E-state index in [2.05, 4.69) is 5.32 Å². The van der Waals surface area contributed by atoms with Crippen LogP contribution in [0.4, 0.5) is 10.1 Å². The van der Waals surface area contributed by atoms with Gasteiger partial charge in [0.25, 0.3) is 5.91 Å². The average molecular weight is 293 g/mol. The van der Waals surface area contributed by atoms with Crippen LogP contribution < -0.4 is 11.1 Å². The molecule has 3 nitrogen and oxygen atoms in total. The van der Waals surface area contributed by atoms with Crippen LogP contribution in [0.1, 0.15) is 28.9 Å². The quantitative estimate of drug-likeness (QED) is 0.850. The summed E-state index contributed by atoms with van der Waals surface area (Å²) in [5.41, 5.74) is 6.31. The van der Waals surface area contributed by atoms with Crippen LogP contribution in [0.2, 0.25) is 5.02 Å². The van der Waals surface area contributed by atoms with E-state index in [0.717, 1.165) is 5.56 Å². The lowest BCUT2D eigenvalue weighted by atomic mass is 10.1. The lowest BCUT2D eigenvalue weighted by Gasteiger charge is -2.16. The number of benzene rings is 2. The number of carbonyl (C=O) groups is 1. The zero-order valence-corrected chi connectivity index (χ0v) is 11.6. The minimum Gasteiger partial charge on any atom is -0.396 e. The second-order valence-corrected chi connectivity index (χ2v) is 4.82. The van der Waals surface area contributed by atoms with Gasteiger partial charge >= 0.3 is 0 Å². The summed E-state index contributed by atoms with van der Waals surface area (Å²) in [6.45, 7) is 1.80. The first-order valence-corrected chi connectivity index (χ1v) is 6.47. The fourth-order valence-electron chi connectivity index (χ4n) is 1.91. The molecule has 0 aromatic heterocycles. The van der Waals surface area contributed by atoms with Crippen molar-refractivity contribution in [2.45, 2.75) is 13.0 Å². The number of nitrogens with two attached hydrogens (primary N) is 1. The summed E-state index contributed by atoms with van der Waals surface area (Å²) in [4.78, 5) is 12.1. The van der Waals surface area contributed by atoms with E-state index in [1.165, 1.54) is 18.2 Å². The molecular formula is C15H14ClFN2O. The number of para-hydroxylation sites is 1. The predicted molar refractivity (Wildman–Crippen MR) is 78.1 cm³/mol. The minimum atomic E-state index is -0.608. The van der Waals surface area contributed by atoms with Crippen LogP contribution in [0, 0.1) is 5.82 Å². The molecule has 2 rings (SSSR count). The van der Waals surface area contributed by atoms with Gasteiger partial charge in [0.1, 0.15) is 5.82 Å². The van der Waals surface area contributed by atoms with Gasteiger partial charge in [-0.05, 0) is 30.7 Å². The van der Waals surface area contributed by atoms with Crippen LogP contribution in [0.25, 0.3) is 0 Å². The summed E-state index contributed by atoms with van der Waals surface area (Å²) in [6.07, 6.45) is 0. The van der Waals surface area contributed by atoms with Gasteiger partial charge in [-0.15, -0.1) is 0 Å². The van der Waals surface area contributed by atoms with E-state index in [0.29, 0.717) is 5.02 Å². The van der Waals surface area contributed by atoms with E-state index < -0.39 is 11.7 Å². The Morgan fingerprint density at radius 1 is 1.25 bits per heavy atom. The van der Waals surface area contributed by atoms with Gasteiger partial charge in [0, 0.05) is 5.02 Å². The molecule has 0 bridgehead atoms. The smallest absolute Gasteiger partial charge is 0.253 e. The van der Waals surface area contributed by atoms with Gasteiger partial charge in [0.2, 0.25) is 0 Å². The summed E-state index contributed by atoms with van der Waals surface area (Å²) in [7, 11) is 0. The van der Waals surface area contributed by atoms with Crippen molar-refractivity contribution in [2.24, 2.45) is 0 Å². The molecule has 0 fully saturated rings. The minimum absolute atomic E-state index is 0.115. The van der Waals surface area contributed by atoms with Gasteiger partial charge in [0.05, 0.1) is 17.3 Å². The van der Waals surface area contributed by atoms with Gasteiger partial charge in [-0.1, -0.05) is 35.9 Å². The van der Waals surface area contributed by atoms with E-state index in [9.17, 15) is 9.18 Å². The molecule has 0 radical (unpaired) electrons. The molecule has 0 heterocycles. The first kappa shape index (κ1) is 14.3. The predicted octanol–water partition coefficient (Wildman–Crippen LogP) is 3.55. The van der Waals surface area contributed by atoms with Crippen LogP contribution in [-0.4, -0.2) is 5.91 Å². The molecule has 20 heavy (non-hydrogen) atoms. The van der Waals surface area contributed by atoms with Crippen LogP contribution in [0.15, 0.2) is 42.5 Å². The fraction of sp³-hybridized carbons (Fsp3) is 0.133. The van der Waals surface area contributed by atoms with E-state index in [4.69, 9.17) is 17.3 Å². The van der Waals surface area contributed by atoms with Crippen molar-refractivity contribution >= 4 is 23.2 Å². The maximum atomic E-state index is 13.3. The lowest BCUT2D eigenvalue weighted by Crippen LogP contribution is -2.27. The third-order valence-electron chi connectivity index (χ3n) is 3.02. The Labute approximate surface area is 121 Å². The molecule has 104 valence electrons. The summed E-state index contributed by atoms with van der Waals surface area (Å²) < 4.78 is 13.3. The maximum Gasteiger partial charge on any atom is 0.253 e. The third kappa shape index (κ3) is 2.91. The topological polar surface area (TPSA) is 55.1 Å². The average Bonchev–Trinajstić information content (AvgIpc) is 2.42. The first-order valence-electron chi connectivity index (χ1n) is 6.10. The fourth-order valence-corrected chi connectivity index (χ4v) is 2.21. The van der Waals surface area contributed by atoms with Crippen molar-refractivity contribution in [3.8, 4) is 0 Å². The number of nitrogen functional groups attached to an aromatic ring is 1. The van der Waals surface area contributed by atoms with Gasteiger partial charge in [0.15, 0.2) is 0 Å². The molecule has 0 aliphatic rings. The maximum absolute atomic E-state index is 13.3. The molecule has 2 aromatic carbocycles. The van der Waals surface area contributed by atoms with Crippen LogP contribution in [0.3, 0.4) is 0 Å². The van der Waals surface area contributed by atoms with E-state index >= 15 is 0 Å². The number of nitrogens with one attached hydrogen (secondary N) is 1. The highest BCUT2D eigenvalue weighted by Crippen LogP contribution is 2.23. The highest BCUT2D eigenvalue weighted by molar-refractivity contribution is 6.31. The molecule has 0 unspecified atom stereocenters. The van der Waals surface area contributed by atoms with Crippen molar-refractivity contribution in [3.05, 3.63) is 64.4 Å². The van der Waals surface area contributed by atoms with Crippen molar-refractivity contribution in [1.82, 2.24) is 5.32 Å². The van der Waals surface area contributed by atoms with E-state index in [1.54, 1.807) is 13.0 Å². The normalized spacial score (nSPS) is 11.9. The largest absolute Gasteiger partial charge is 0.396 e. The van der Waals surface area contributed by atoms with E-state index in [-0.39, 0.29) is 17.3 Å². The van der Waals surface area contributed by atoms with Crippen molar-refractivity contribution in [1.29, 1.82) is 0 Å². The Morgan fingerprint density at radius 3 is 2.65 bits per heavy atom. The van der Waals surface area contributed by atoms with Crippen LogP contribution in [-0.2, 0) is 0 Å². The molecular weight excluding hydrogens is 279 g/mol. The number of anilines is 1. The molecule has 0 saturated carbocycles. The third-order valence-corrected chi connectivity index (χ3v) is 3.36. The number of hydrogen-bond acceptors (Lipinski definition) is 2. The highest BCUT2D eigenvalue weighted by atomic mass is 35.5. The van der Waals surface area contributed by atoms with Gasteiger partial charge in [-0.2, -0.15) is 0 Å². The van der Waals surface area contributed by atoms with Crippen molar-refractivity contribution < 1.29 is 9.18 Å². The number of amides is 1. The summed E-state index contributed by atoms with van der Waals surface area (Å²) in [6, 6.07) is 11.0. The molecule has 3 N–H and O–H groups in total. The van der Waals surface area contributed by atoms with Gasteiger partial charge in [-0.3, -0.25) is 4.79 Å². The number of hydrogen-bond donors (Lipinski definition) is 2. The summed E-state index contributed by atoms with van der Waals surface area (Å²) in [5.74, 6) is -1.04. The summed E-state index contributed by atoms with van der Waals surface area (Å²) >= 11 is 6.07. The Hall–Kier alpha value is -2.07. The Balaban J connectivity index is 2.20. The number of carbonyl (C=O) groups excluding carboxylic acids is 1. The molecule has 1 amide bonds. The highest BCUT2D eigenvalue weighted by Gasteiger charge is 2.16. The molecule has 1 atom stereocenters. The standard InChI is InChI=1S/C15H14ClFN2O/c1-9(10-5-2-3-7-12(10)16)19-15(20)11-6-4-8-13(17)14(11)18/h2-9H,18H2,1H3,(H,19,20)/t9-/m1/s1. The SMILES string of the molecule is C[C@@H](NC(=O)c1cccc(F)c1N)c1ccccc1Cl. The number of rotatable bonds is 3. The van der Waals surface area contributed by atoms with Crippen LogP contribution in [0.5, 0.6) is 0 Å². The Bertz CT molecular complexity index is 646. The number of halogens is 2. The molecule has 0 saturated heterocycles. The Morgan fingerprint density at radius 2 is 1.95 bits per heavy atom. The Kier molecular flexibility index (Phi) is 4.25. The van der Waals surface area contributed by atoms with E-state index in [1.807, 2.05) is 18.2 Å².